The molecule has 0 spiro atoms. The van der Waals surface area contributed by atoms with Gasteiger partial charge in [0.25, 0.3) is 0 Å². The molecule has 23 heavy (non-hydrogen) atoms. The van der Waals surface area contributed by atoms with Crippen LogP contribution in [0, 0.1) is 0 Å². The molecule has 1 unspecified atom stereocenters. The van der Waals surface area contributed by atoms with Gasteiger partial charge >= 0.3 is 0 Å². The molecule has 1 aliphatic rings. The van der Waals surface area contributed by atoms with Gasteiger partial charge in [-0.2, -0.15) is 0 Å². The summed E-state index contributed by atoms with van der Waals surface area (Å²) in [6.07, 6.45) is 3.12. The number of pyridine rings is 1. The van der Waals surface area contributed by atoms with Gasteiger partial charge in [0.05, 0.1) is 7.11 Å². The van der Waals surface area contributed by atoms with Gasteiger partial charge in [0.1, 0.15) is 0 Å². The Hall–Kier alpha value is -1.91. The summed E-state index contributed by atoms with van der Waals surface area (Å²) in [4.78, 5) is 9.14. The van der Waals surface area contributed by atoms with Crippen molar-refractivity contribution < 1.29 is 4.74 Å². The quantitative estimate of drug-likeness (QED) is 0.849. The molecule has 0 radical (unpaired) electrons. The average molecular weight is 311 g/mol. The Labute approximate surface area is 138 Å². The SMILES string of the molecule is COc1ccc(-c2ccc(CN3CCC(N(C)C)C3)cc2)cn1. The van der Waals surface area contributed by atoms with Crippen molar-refractivity contribution in [3.63, 3.8) is 0 Å². The zero-order chi connectivity index (χ0) is 16.2. The molecule has 1 saturated heterocycles. The van der Waals surface area contributed by atoms with Gasteiger partial charge in [-0.25, -0.2) is 4.98 Å². The number of hydrogen-bond acceptors (Lipinski definition) is 4. The lowest BCUT2D eigenvalue weighted by atomic mass is 10.1. The third-order valence-electron chi connectivity index (χ3n) is 4.62. The van der Waals surface area contributed by atoms with Crippen LogP contribution < -0.4 is 4.74 Å². The highest BCUT2D eigenvalue weighted by molar-refractivity contribution is 5.62. The highest BCUT2D eigenvalue weighted by atomic mass is 16.5. The molecule has 0 amide bonds. The molecule has 1 aromatic heterocycles. The van der Waals surface area contributed by atoms with Gasteiger partial charge in [-0.05, 0) is 37.7 Å². The largest absolute Gasteiger partial charge is 0.481 e. The van der Waals surface area contributed by atoms with E-state index in [0.717, 1.165) is 18.7 Å². The van der Waals surface area contributed by atoms with Crippen molar-refractivity contribution in [3.05, 3.63) is 48.2 Å². The van der Waals surface area contributed by atoms with Gasteiger partial charge in [0.15, 0.2) is 0 Å². The lowest BCUT2D eigenvalue weighted by molar-refractivity contribution is 0.264. The number of aromatic nitrogens is 1. The van der Waals surface area contributed by atoms with Gasteiger partial charge < -0.3 is 9.64 Å². The van der Waals surface area contributed by atoms with E-state index in [1.165, 1.54) is 24.1 Å². The van der Waals surface area contributed by atoms with Crippen LogP contribution in [0.25, 0.3) is 11.1 Å². The molecule has 4 heteroatoms. The predicted octanol–water partition coefficient (Wildman–Crippen LogP) is 2.89. The summed E-state index contributed by atoms with van der Waals surface area (Å²) in [7, 11) is 5.98. The lowest BCUT2D eigenvalue weighted by Crippen LogP contribution is -2.31. The molecule has 0 saturated carbocycles. The Morgan fingerprint density at radius 3 is 2.43 bits per heavy atom. The summed E-state index contributed by atoms with van der Waals surface area (Å²) in [5, 5.41) is 0. The first kappa shape index (κ1) is 16.0. The molecule has 0 bridgehead atoms. The van der Waals surface area contributed by atoms with E-state index in [1.54, 1.807) is 7.11 Å². The second-order valence-corrected chi connectivity index (χ2v) is 6.43. The van der Waals surface area contributed by atoms with E-state index in [2.05, 4.69) is 53.1 Å². The van der Waals surface area contributed by atoms with Gasteiger partial charge in [-0.1, -0.05) is 24.3 Å². The summed E-state index contributed by atoms with van der Waals surface area (Å²) in [5.41, 5.74) is 3.68. The van der Waals surface area contributed by atoms with Crippen LogP contribution in [-0.4, -0.2) is 55.1 Å². The highest BCUT2D eigenvalue weighted by Crippen LogP contribution is 2.22. The number of rotatable bonds is 5. The summed E-state index contributed by atoms with van der Waals surface area (Å²) in [5.74, 6) is 0.648. The minimum Gasteiger partial charge on any atom is -0.481 e. The molecule has 0 aliphatic carbocycles. The molecule has 0 N–H and O–H groups in total. The zero-order valence-corrected chi connectivity index (χ0v) is 14.2. The molecular weight excluding hydrogens is 286 g/mol. The summed E-state index contributed by atoms with van der Waals surface area (Å²) < 4.78 is 5.10. The third kappa shape index (κ3) is 3.89. The monoisotopic (exact) mass is 311 g/mol. The van der Waals surface area contributed by atoms with Crippen LogP contribution in [0.15, 0.2) is 42.6 Å². The Morgan fingerprint density at radius 1 is 1.13 bits per heavy atom. The molecule has 1 aromatic carbocycles. The van der Waals surface area contributed by atoms with Crippen molar-refractivity contribution in [1.29, 1.82) is 0 Å². The van der Waals surface area contributed by atoms with E-state index in [0.29, 0.717) is 11.9 Å². The molecule has 1 fully saturated rings. The first-order valence-electron chi connectivity index (χ1n) is 8.14. The Balaban J connectivity index is 1.63. The molecule has 2 heterocycles. The maximum Gasteiger partial charge on any atom is 0.212 e. The fourth-order valence-corrected chi connectivity index (χ4v) is 3.11. The molecular formula is C19H25N3O. The Kier molecular flexibility index (Phi) is 4.94. The van der Waals surface area contributed by atoms with Crippen LogP contribution in [0.4, 0.5) is 0 Å². The smallest absolute Gasteiger partial charge is 0.212 e. The fraction of sp³-hybridized carbons (Fsp3) is 0.421. The van der Waals surface area contributed by atoms with Crippen LogP contribution in [-0.2, 0) is 6.54 Å². The van der Waals surface area contributed by atoms with Gasteiger partial charge in [-0.15, -0.1) is 0 Å². The summed E-state index contributed by atoms with van der Waals surface area (Å²) in [6, 6.07) is 13.4. The molecule has 122 valence electrons. The standard InChI is InChI=1S/C19H25N3O/c1-21(2)18-10-11-22(14-18)13-15-4-6-16(7-5-15)17-8-9-19(23-3)20-12-17/h4-9,12,18H,10-11,13-14H2,1-3H3. The normalized spacial score (nSPS) is 18.5. The van der Waals surface area contributed by atoms with Crippen LogP contribution in [0.5, 0.6) is 5.88 Å². The van der Waals surface area contributed by atoms with Crippen LogP contribution in [0.2, 0.25) is 0 Å². The highest BCUT2D eigenvalue weighted by Gasteiger charge is 2.23. The molecule has 2 aromatic rings. The minimum atomic E-state index is 0.648. The number of likely N-dealkylation sites (tertiary alicyclic amines) is 1. The maximum atomic E-state index is 5.10. The molecule has 4 nitrogen and oxygen atoms in total. The fourth-order valence-electron chi connectivity index (χ4n) is 3.11. The summed E-state index contributed by atoms with van der Waals surface area (Å²) in [6.45, 7) is 3.38. The van der Waals surface area contributed by atoms with Crippen molar-refractivity contribution in [2.75, 3.05) is 34.3 Å². The van der Waals surface area contributed by atoms with E-state index < -0.39 is 0 Å². The second kappa shape index (κ2) is 7.11. The van der Waals surface area contributed by atoms with E-state index in [4.69, 9.17) is 4.74 Å². The van der Waals surface area contributed by atoms with Crippen molar-refractivity contribution >= 4 is 0 Å². The number of methoxy groups -OCH3 is 1. The third-order valence-corrected chi connectivity index (χ3v) is 4.62. The van der Waals surface area contributed by atoms with E-state index >= 15 is 0 Å². The Morgan fingerprint density at radius 2 is 1.87 bits per heavy atom. The maximum absolute atomic E-state index is 5.10. The Bertz CT molecular complexity index is 622. The van der Waals surface area contributed by atoms with E-state index in [9.17, 15) is 0 Å². The van der Waals surface area contributed by atoms with Gasteiger partial charge in [-0.3, -0.25) is 4.90 Å². The topological polar surface area (TPSA) is 28.6 Å². The summed E-state index contributed by atoms with van der Waals surface area (Å²) >= 11 is 0. The first-order valence-corrected chi connectivity index (χ1v) is 8.14. The van der Waals surface area contributed by atoms with Crippen molar-refractivity contribution in [3.8, 4) is 17.0 Å². The first-order chi connectivity index (χ1) is 11.2. The van der Waals surface area contributed by atoms with Crippen LogP contribution >= 0.6 is 0 Å². The van der Waals surface area contributed by atoms with Crippen molar-refractivity contribution in [1.82, 2.24) is 14.8 Å². The predicted molar refractivity (Wildman–Crippen MR) is 93.6 cm³/mol. The van der Waals surface area contributed by atoms with Crippen LogP contribution in [0.1, 0.15) is 12.0 Å². The van der Waals surface area contributed by atoms with Gasteiger partial charge in [0, 0.05) is 43.5 Å². The molecule has 1 atom stereocenters. The van der Waals surface area contributed by atoms with E-state index in [1.807, 2.05) is 18.3 Å². The number of nitrogens with zero attached hydrogens (tertiary/aromatic N) is 3. The molecule has 1 aliphatic heterocycles. The minimum absolute atomic E-state index is 0.648. The number of benzene rings is 1. The van der Waals surface area contributed by atoms with Crippen molar-refractivity contribution in [2.24, 2.45) is 0 Å². The second-order valence-electron chi connectivity index (χ2n) is 6.43. The lowest BCUT2D eigenvalue weighted by Gasteiger charge is -2.20. The number of ether oxygens (including phenoxy) is 1. The van der Waals surface area contributed by atoms with Gasteiger partial charge in [0.2, 0.25) is 5.88 Å². The van der Waals surface area contributed by atoms with E-state index in [-0.39, 0.29) is 0 Å². The van der Waals surface area contributed by atoms with Crippen LogP contribution in [0.3, 0.4) is 0 Å². The number of likely N-dealkylation sites (N-methyl/N-ethyl adjacent to an activating group) is 1. The van der Waals surface area contributed by atoms with Crippen molar-refractivity contribution in [2.45, 2.75) is 19.0 Å². The average Bonchev–Trinajstić information content (AvgIpc) is 3.04. The number of hydrogen-bond donors (Lipinski definition) is 0. The zero-order valence-electron chi connectivity index (χ0n) is 14.2. The molecule has 3 rings (SSSR count).